The summed E-state index contributed by atoms with van der Waals surface area (Å²) >= 11 is 3.52. The van der Waals surface area contributed by atoms with E-state index in [0.29, 0.717) is 24.7 Å². The minimum Gasteiger partial charge on any atom is -0.381 e. The van der Waals surface area contributed by atoms with Gasteiger partial charge in [0.15, 0.2) is 0 Å². The molecule has 0 aliphatic carbocycles. The normalized spacial score (nSPS) is 16.7. The van der Waals surface area contributed by atoms with Crippen LogP contribution in [0.2, 0.25) is 0 Å². The number of nitrogens with zero attached hydrogens (tertiary/aromatic N) is 3. The maximum Gasteiger partial charge on any atom is 0.272 e. The molecule has 1 aliphatic heterocycles. The van der Waals surface area contributed by atoms with Crippen LogP contribution in [0, 0.1) is 0 Å². The van der Waals surface area contributed by atoms with Crippen molar-refractivity contribution < 1.29 is 9.53 Å². The van der Waals surface area contributed by atoms with Crippen LogP contribution in [0.5, 0.6) is 0 Å². The average Bonchev–Trinajstić information content (AvgIpc) is 3.07. The van der Waals surface area contributed by atoms with Crippen LogP contribution in [0.25, 0.3) is 5.78 Å². The lowest BCUT2D eigenvalue weighted by Crippen LogP contribution is -2.49. The van der Waals surface area contributed by atoms with E-state index in [4.69, 9.17) is 4.74 Å². The maximum atomic E-state index is 12.9. The number of carbonyl (C=O) groups is 1. The molecule has 7 heteroatoms. The number of imidazole rings is 1. The Morgan fingerprint density at radius 1 is 1.28 bits per heavy atom. The number of halogens is 1. The second-order valence-electron chi connectivity index (χ2n) is 6.11. The molecule has 1 fully saturated rings. The molecule has 0 bridgehead atoms. The molecule has 128 valence electrons. The predicted octanol–water partition coefficient (Wildman–Crippen LogP) is 2.93. The van der Waals surface area contributed by atoms with E-state index in [1.807, 2.05) is 24.4 Å². The van der Waals surface area contributed by atoms with E-state index in [0.717, 1.165) is 22.9 Å². The molecule has 1 N–H and O–H groups in total. The zero-order valence-electron chi connectivity index (χ0n) is 13.5. The Morgan fingerprint density at radius 3 is 2.88 bits per heavy atom. The fourth-order valence-corrected chi connectivity index (χ4v) is 3.61. The lowest BCUT2D eigenvalue weighted by atomic mass is 9.82. The smallest absolute Gasteiger partial charge is 0.272 e. The molecule has 1 aromatic carbocycles. The van der Waals surface area contributed by atoms with E-state index in [2.05, 4.69) is 37.3 Å². The highest BCUT2D eigenvalue weighted by molar-refractivity contribution is 9.10. The molecule has 3 heterocycles. The van der Waals surface area contributed by atoms with E-state index >= 15 is 0 Å². The standard InChI is InChI=1S/C18H17BrN4O2/c19-14-4-1-3-13(11-14)18(5-9-25-10-6-18)22-16(24)15-12-23-8-2-7-20-17(23)21-15/h1-4,7-8,11-12H,5-6,9-10H2,(H,22,24). The molecule has 1 amide bonds. The Morgan fingerprint density at radius 2 is 2.12 bits per heavy atom. The first-order chi connectivity index (χ1) is 12.2. The Labute approximate surface area is 153 Å². The van der Waals surface area contributed by atoms with Gasteiger partial charge in [0.05, 0.1) is 5.54 Å². The molecule has 0 radical (unpaired) electrons. The highest BCUT2D eigenvalue weighted by atomic mass is 79.9. The summed E-state index contributed by atoms with van der Waals surface area (Å²) in [7, 11) is 0. The Bertz CT molecular complexity index is 885. The molecule has 0 spiro atoms. The van der Waals surface area contributed by atoms with Gasteiger partial charge in [0.25, 0.3) is 5.91 Å². The molecular weight excluding hydrogens is 384 g/mol. The number of benzene rings is 1. The number of nitrogens with one attached hydrogen (secondary N) is 1. The van der Waals surface area contributed by atoms with Gasteiger partial charge in [-0.2, -0.15) is 0 Å². The summed E-state index contributed by atoms with van der Waals surface area (Å²) in [5.41, 5.74) is 0.975. The van der Waals surface area contributed by atoms with Crippen LogP contribution in [0.3, 0.4) is 0 Å². The van der Waals surface area contributed by atoms with Crippen LogP contribution in [-0.4, -0.2) is 33.5 Å². The Kier molecular flexibility index (Phi) is 4.27. The van der Waals surface area contributed by atoms with E-state index in [9.17, 15) is 4.79 Å². The van der Waals surface area contributed by atoms with Crippen molar-refractivity contribution in [2.75, 3.05) is 13.2 Å². The van der Waals surface area contributed by atoms with E-state index in [1.165, 1.54) is 0 Å². The minimum absolute atomic E-state index is 0.202. The average molecular weight is 401 g/mol. The zero-order chi connectivity index (χ0) is 17.3. The fourth-order valence-electron chi connectivity index (χ4n) is 3.21. The fraction of sp³-hybridized carbons (Fsp3) is 0.278. The Balaban J connectivity index is 1.67. The number of aromatic nitrogens is 3. The van der Waals surface area contributed by atoms with Gasteiger partial charge in [0, 0.05) is 36.3 Å². The summed E-state index contributed by atoms with van der Waals surface area (Å²) in [6, 6.07) is 9.86. The Hall–Kier alpha value is -2.25. The van der Waals surface area contributed by atoms with E-state index in [1.54, 1.807) is 22.9 Å². The highest BCUT2D eigenvalue weighted by Gasteiger charge is 2.36. The summed E-state index contributed by atoms with van der Waals surface area (Å²) in [5.74, 6) is 0.309. The highest BCUT2D eigenvalue weighted by Crippen LogP contribution is 2.33. The van der Waals surface area contributed by atoms with Gasteiger partial charge in [-0.25, -0.2) is 9.97 Å². The van der Waals surface area contributed by atoms with Crippen LogP contribution in [0.15, 0.2) is 53.4 Å². The molecule has 3 aromatic rings. The van der Waals surface area contributed by atoms with E-state index < -0.39 is 5.54 Å². The molecule has 0 atom stereocenters. The van der Waals surface area contributed by atoms with E-state index in [-0.39, 0.29) is 5.91 Å². The molecule has 25 heavy (non-hydrogen) atoms. The van der Waals surface area contributed by atoms with Crippen LogP contribution in [0.4, 0.5) is 0 Å². The number of amides is 1. The predicted molar refractivity (Wildman–Crippen MR) is 96.3 cm³/mol. The molecule has 6 nitrogen and oxygen atoms in total. The van der Waals surface area contributed by atoms with Crippen molar-refractivity contribution in [3.8, 4) is 0 Å². The summed E-state index contributed by atoms with van der Waals surface area (Å²) in [4.78, 5) is 21.4. The van der Waals surface area contributed by atoms with Crippen LogP contribution in [0.1, 0.15) is 28.9 Å². The number of fused-ring (bicyclic) bond motifs is 1. The van der Waals surface area contributed by atoms with Crippen LogP contribution >= 0.6 is 15.9 Å². The van der Waals surface area contributed by atoms with Gasteiger partial charge in [-0.05, 0) is 36.6 Å². The molecular formula is C18H17BrN4O2. The number of hydrogen-bond acceptors (Lipinski definition) is 4. The van der Waals surface area contributed by atoms with Crippen molar-refractivity contribution in [3.05, 3.63) is 64.7 Å². The van der Waals surface area contributed by atoms with Gasteiger partial charge in [0.1, 0.15) is 5.69 Å². The largest absolute Gasteiger partial charge is 0.381 e. The lowest BCUT2D eigenvalue weighted by molar-refractivity contribution is 0.0344. The van der Waals surface area contributed by atoms with Gasteiger partial charge in [-0.1, -0.05) is 28.1 Å². The van der Waals surface area contributed by atoms with Gasteiger partial charge in [-0.15, -0.1) is 0 Å². The number of carbonyl (C=O) groups excluding carboxylic acids is 1. The van der Waals surface area contributed by atoms with Crippen LogP contribution < -0.4 is 5.32 Å². The van der Waals surface area contributed by atoms with Crippen molar-refractivity contribution in [3.63, 3.8) is 0 Å². The summed E-state index contributed by atoms with van der Waals surface area (Å²) in [6.07, 6.45) is 6.63. The van der Waals surface area contributed by atoms with Crippen molar-refractivity contribution in [2.24, 2.45) is 0 Å². The SMILES string of the molecule is O=C(NC1(c2cccc(Br)c2)CCOCC1)c1cn2cccnc2n1. The third-order valence-corrected chi connectivity index (χ3v) is 5.04. The van der Waals surface area contributed by atoms with Gasteiger partial charge < -0.3 is 10.1 Å². The van der Waals surface area contributed by atoms with Crippen molar-refractivity contribution in [1.82, 2.24) is 19.7 Å². The first-order valence-corrected chi connectivity index (χ1v) is 8.92. The topological polar surface area (TPSA) is 68.5 Å². The zero-order valence-corrected chi connectivity index (χ0v) is 15.1. The first kappa shape index (κ1) is 16.2. The van der Waals surface area contributed by atoms with Crippen molar-refractivity contribution in [1.29, 1.82) is 0 Å². The quantitative estimate of drug-likeness (QED) is 0.733. The molecule has 4 rings (SSSR count). The van der Waals surface area contributed by atoms with Gasteiger partial charge >= 0.3 is 0 Å². The summed E-state index contributed by atoms with van der Waals surface area (Å²) in [6.45, 7) is 1.22. The third kappa shape index (κ3) is 3.17. The molecule has 0 saturated carbocycles. The summed E-state index contributed by atoms with van der Waals surface area (Å²) < 4.78 is 8.25. The molecule has 1 saturated heterocycles. The number of ether oxygens (including phenoxy) is 1. The maximum absolute atomic E-state index is 12.9. The number of hydrogen-bond donors (Lipinski definition) is 1. The molecule has 2 aromatic heterocycles. The first-order valence-electron chi connectivity index (χ1n) is 8.12. The molecule has 0 unspecified atom stereocenters. The second-order valence-corrected chi connectivity index (χ2v) is 7.03. The molecule has 1 aliphatic rings. The van der Waals surface area contributed by atoms with Gasteiger partial charge in [-0.3, -0.25) is 9.20 Å². The van der Waals surface area contributed by atoms with Crippen molar-refractivity contribution in [2.45, 2.75) is 18.4 Å². The summed E-state index contributed by atoms with van der Waals surface area (Å²) in [5, 5.41) is 3.21. The van der Waals surface area contributed by atoms with Crippen LogP contribution in [-0.2, 0) is 10.3 Å². The van der Waals surface area contributed by atoms with Crippen molar-refractivity contribution >= 4 is 27.6 Å². The second kappa shape index (κ2) is 6.57. The minimum atomic E-state index is -0.456. The van der Waals surface area contributed by atoms with Gasteiger partial charge in [0.2, 0.25) is 5.78 Å². The lowest BCUT2D eigenvalue weighted by Gasteiger charge is -2.38. The number of rotatable bonds is 3. The monoisotopic (exact) mass is 400 g/mol. The third-order valence-electron chi connectivity index (χ3n) is 4.54.